The Hall–Kier alpha value is -1.13. The van der Waals surface area contributed by atoms with Gasteiger partial charge >= 0.3 is 0 Å². The van der Waals surface area contributed by atoms with Crippen molar-refractivity contribution >= 4 is 17.5 Å². The van der Waals surface area contributed by atoms with E-state index >= 15 is 0 Å². The van der Waals surface area contributed by atoms with Gasteiger partial charge in [-0.15, -0.1) is 0 Å². The second-order valence-corrected chi connectivity index (χ2v) is 6.09. The smallest absolute Gasteiger partial charge is 0.269 e. The zero-order valence-electron chi connectivity index (χ0n) is 11.8. The van der Waals surface area contributed by atoms with Crippen LogP contribution in [0.2, 0.25) is 5.15 Å². The maximum absolute atomic E-state index is 11.9. The molecule has 0 aromatic carbocycles. The van der Waals surface area contributed by atoms with E-state index in [-0.39, 0.29) is 22.7 Å². The summed E-state index contributed by atoms with van der Waals surface area (Å²) < 4.78 is 0. The number of rotatable bonds is 5. The van der Waals surface area contributed by atoms with Crippen LogP contribution in [0.1, 0.15) is 38.2 Å². The Morgan fingerprint density at radius 1 is 1.47 bits per heavy atom. The lowest BCUT2D eigenvalue weighted by molar-refractivity contribution is 0.0138. The molecule has 1 heterocycles. The van der Waals surface area contributed by atoms with Crippen LogP contribution >= 0.6 is 11.6 Å². The minimum absolute atomic E-state index is 0.135. The van der Waals surface area contributed by atoms with Crippen LogP contribution in [0.5, 0.6) is 0 Å². The molecule has 1 unspecified atom stereocenters. The Kier molecular flexibility index (Phi) is 5.32. The first-order valence-corrected chi connectivity index (χ1v) is 6.70. The summed E-state index contributed by atoms with van der Waals surface area (Å²) in [6.45, 7) is 8.12. The summed E-state index contributed by atoms with van der Waals surface area (Å²) in [6.07, 6.45) is -0.486. The summed E-state index contributed by atoms with van der Waals surface area (Å²) in [5.74, 6) is -0.150. The number of hydrogen-bond acceptors (Lipinski definition) is 3. The molecule has 0 saturated heterocycles. The molecule has 1 aromatic rings. The molecule has 0 aliphatic heterocycles. The van der Waals surface area contributed by atoms with Crippen molar-refractivity contribution in [3.05, 3.63) is 29.0 Å². The molecule has 0 spiro atoms. The predicted molar refractivity (Wildman–Crippen MR) is 76.2 cm³/mol. The van der Waals surface area contributed by atoms with E-state index < -0.39 is 11.5 Å². The van der Waals surface area contributed by atoms with Gasteiger partial charge in [-0.05, 0) is 18.1 Å². The number of nitrogens with one attached hydrogen (secondary N) is 1. The van der Waals surface area contributed by atoms with Gasteiger partial charge in [-0.2, -0.15) is 0 Å². The van der Waals surface area contributed by atoms with Crippen molar-refractivity contribution < 1.29 is 9.90 Å². The molecule has 0 aliphatic rings. The molecule has 1 amide bonds. The van der Waals surface area contributed by atoms with Crippen LogP contribution in [-0.2, 0) is 0 Å². The average Bonchev–Trinajstić information content (AvgIpc) is 2.35. The van der Waals surface area contributed by atoms with Crippen molar-refractivity contribution in [3.8, 4) is 0 Å². The molecule has 0 fully saturated rings. The molecule has 19 heavy (non-hydrogen) atoms. The summed E-state index contributed by atoms with van der Waals surface area (Å²) in [7, 11) is 0. The SMILES string of the molecule is CC(C)C(O)C(C)(C)CNC(=O)c1cccc(Cl)n1. The fourth-order valence-corrected chi connectivity index (χ4v) is 2.10. The van der Waals surface area contributed by atoms with Crippen LogP contribution in [0.15, 0.2) is 18.2 Å². The van der Waals surface area contributed by atoms with Crippen molar-refractivity contribution in [3.63, 3.8) is 0 Å². The normalized spacial score (nSPS) is 13.4. The summed E-state index contributed by atoms with van der Waals surface area (Å²) >= 11 is 5.74. The highest BCUT2D eigenvalue weighted by atomic mass is 35.5. The van der Waals surface area contributed by atoms with Gasteiger partial charge in [-0.25, -0.2) is 4.98 Å². The predicted octanol–water partition coefficient (Wildman–Crippen LogP) is 2.51. The van der Waals surface area contributed by atoms with Gasteiger partial charge in [0.1, 0.15) is 10.8 Å². The molecule has 2 N–H and O–H groups in total. The first-order chi connectivity index (χ1) is 8.74. The number of aliphatic hydroxyl groups is 1. The summed E-state index contributed by atoms with van der Waals surface area (Å²) in [5, 5.41) is 13.2. The van der Waals surface area contributed by atoms with Crippen LogP contribution in [0.4, 0.5) is 0 Å². The highest BCUT2D eigenvalue weighted by Crippen LogP contribution is 2.25. The lowest BCUT2D eigenvalue weighted by atomic mass is 9.80. The Morgan fingerprint density at radius 3 is 2.63 bits per heavy atom. The van der Waals surface area contributed by atoms with Crippen molar-refractivity contribution in [1.29, 1.82) is 0 Å². The largest absolute Gasteiger partial charge is 0.392 e. The standard InChI is InChI=1S/C14H21ClN2O2/c1-9(2)12(18)14(3,4)8-16-13(19)10-6-5-7-11(15)17-10/h5-7,9,12,18H,8H2,1-4H3,(H,16,19). The third-order valence-corrected chi connectivity index (χ3v) is 3.29. The Bertz CT molecular complexity index is 447. The van der Waals surface area contributed by atoms with Crippen LogP contribution in [0.3, 0.4) is 0 Å². The number of amides is 1. The molecule has 0 bridgehead atoms. The van der Waals surface area contributed by atoms with Gasteiger partial charge in [0.15, 0.2) is 0 Å². The monoisotopic (exact) mass is 284 g/mol. The number of hydrogen-bond donors (Lipinski definition) is 2. The molecule has 0 aliphatic carbocycles. The van der Waals surface area contributed by atoms with Gasteiger partial charge in [-0.3, -0.25) is 4.79 Å². The molecule has 1 rings (SSSR count). The Balaban J connectivity index is 2.64. The molecular formula is C14H21ClN2O2. The van der Waals surface area contributed by atoms with Crippen LogP contribution < -0.4 is 5.32 Å². The Morgan fingerprint density at radius 2 is 2.11 bits per heavy atom. The topological polar surface area (TPSA) is 62.2 Å². The van der Waals surface area contributed by atoms with Crippen LogP contribution in [0.25, 0.3) is 0 Å². The van der Waals surface area contributed by atoms with E-state index in [2.05, 4.69) is 10.3 Å². The summed E-state index contributed by atoms with van der Waals surface area (Å²) in [6, 6.07) is 4.90. The molecule has 1 atom stereocenters. The number of carbonyl (C=O) groups excluding carboxylic acids is 1. The highest BCUT2D eigenvalue weighted by Gasteiger charge is 2.30. The van der Waals surface area contributed by atoms with Gasteiger partial charge in [0.25, 0.3) is 5.91 Å². The van der Waals surface area contributed by atoms with Gasteiger partial charge in [0.05, 0.1) is 6.10 Å². The van der Waals surface area contributed by atoms with Crippen molar-refractivity contribution in [1.82, 2.24) is 10.3 Å². The third-order valence-electron chi connectivity index (χ3n) is 3.08. The zero-order valence-corrected chi connectivity index (χ0v) is 12.5. The first kappa shape index (κ1) is 15.9. The minimum atomic E-state index is -0.486. The van der Waals surface area contributed by atoms with E-state index in [0.29, 0.717) is 6.54 Å². The fraction of sp³-hybridized carbons (Fsp3) is 0.571. The second-order valence-electron chi connectivity index (χ2n) is 5.71. The molecule has 1 aromatic heterocycles. The second kappa shape index (κ2) is 6.35. The quantitative estimate of drug-likeness (QED) is 0.817. The van der Waals surface area contributed by atoms with Gasteiger partial charge in [0.2, 0.25) is 0 Å². The van der Waals surface area contributed by atoms with Gasteiger partial charge < -0.3 is 10.4 Å². The number of pyridine rings is 1. The van der Waals surface area contributed by atoms with Crippen molar-refractivity contribution in [2.45, 2.75) is 33.8 Å². The average molecular weight is 285 g/mol. The lowest BCUT2D eigenvalue weighted by Gasteiger charge is -2.33. The highest BCUT2D eigenvalue weighted by molar-refractivity contribution is 6.29. The number of halogens is 1. The maximum Gasteiger partial charge on any atom is 0.269 e. The molecule has 106 valence electrons. The Labute approximate surface area is 119 Å². The minimum Gasteiger partial charge on any atom is -0.392 e. The molecular weight excluding hydrogens is 264 g/mol. The van der Waals surface area contributed by atoms with Gasteiger partial charge in [0, 0.05) is 12.0 Å². The molecule has 0 saturated carbocycles. The van der Waals surface area contributed by atoms with E-state index in [9.17, 15) is 9.90 Å². The zero-order chi connectivity index (χ0) is 14.6. The van der Waals surface area contributed by atoms with E-state index in [0.717, 1.165) is 0 Å². The van der Waals surface area contributed by atoms with E-state index in [1.165, 1.54) is 0 Å². The maximum atomic E-state index is 11.9. The first-order valence-electron chi connectivity index (χ1n) is 6.33. The molecule has 0 radical (unpaired) electrons. The van der Waals surface area contributed by atoms with E-state index in [1.807, 2.05) is 27.7 Å². The fourth-order valence-electron chi connectivity index (χ4n) is 1.94. The van der Waals surface area contributed by atoms with Crippen molar-refractivity contribution in [2.24, 2.45) is 11.3 Å². The van der Waals surface area contributed by atoms with Crippen LogP contribution in [0, 0.1) is 11.3 Å². The molecule has 4 nitrogen and oxygen atoms in total. The third kappa shape index (κ3) is 4.48. The molecule has 5 heteroatoms. The summed E-state index contributed by atoms with van der Waals surface area (Å²) in [5.41, 5.74) is -0.120. The number of aliphatic hydroxyl groups excluding tert-OH is 1. The number of nitrogens with zero attached hydrogens (tertiary/aromatic N) is 1. The number of carbonyl (C=O) groups is 1. The van der Waals surface area contributed by atoms with Crippen LogP contribution in [-0.4, -0.2) is 28.6 Å². The van der Waals surface area contributed by atoms with E-state index in [4.69, 9.17) is 11.6 Å². The van der Waals surface area contributed by atoms with Gasteiger partial charge in [-0.1, -0.05) is 45.4 Å². The lowest BCUT2D eigenvalue weighted by Crippen LogP contribution is -2.43. The number of aromatic nitrogens is 1. The van der Waals surface area contributed by atoms with E-state index in [1.54, 1.807) is 18.2 Å². The van der Waals surface area contributed by atoms with Crippen molar-refractivity contribution in [2.75, 3.05) is 6.54 Å². The summed E-state index contributed by atoms with van der Waals surface area (Å²) in [4.78, 5) is 15.9.